The average molecular weight is 393 g/mol. The Kier molecular flexibility index (Phi) is 4.82. The molecular weight excluding hydrogens is 375 g/mol. The fourth-order valence-corrected chi connectivity index (χ4v) is 3.68. The van der Waals surface area contributed by atoms with Crippen LogP contribution in [0.4, 0.5) is 18.9 Å². The summed E-state index contributed by atoms with van der Waals surface area (Å²) < 4.78 is 45.7. The first-order valence-electron chi connectivity index (χ1n) is 8.86. The zero-order chi connectivity index (χ0) is 19.9. The molecule has 4 rings (SSSR count). The van der Waals surface area contributed by atoms with Gasteiger partial charge in [-0.1, -0.05) is 0 Å². The van der Waals surface area contributed by atoms with E-state index < -0.39 is 24.5 Å². The van der Waals surface area contributed by atoms with Gasteiger partial charge in [-0.3, -0.25) is 14.9 Å². The number of ether oxygens (including phenoxy) is 1. The largest absolute Gasteiger partial charge is 0.416 e. The Morgan fingerprint density at radius 1 is 1.14 bits per heavy atom. The molecule has 0 aliphatic carbocycles. The molecule has 2 aliphatic rings. The molecule has 3 heterocycles. The molecule has 2 fully saturated rings. The van der Waals surface area contributed by atoms with Gasteiger partial charge in [-0.15, -0.1) is 0 Å². The summed E-state index contributed by atoms with van der Waals surface area (Å²) in [7, 11) is 0. The minimum Gasteiger partial charge on any atom is -0.390 e. The van der Waals surface area contributed by atoms with E-state index in [2.05, 4.69) is 9.97 Å². The molecule has 0 amide bonds. The number of halogens is 3. The van der Waals surface area contributed by atoms with E-state index in [-0.39, 0.29) is 13.1 Å². The topological polar surface area (TPSA) is 85.5 Å². The normalized spacial score (nSPS) is 24.2. The minimum atomic E-state index is -4.50. The van der Waals surface area contributed by atoms with Crippen LogP contribution < -0.4 is 4.90 Å². The van der Waals surface area contributed by atoms with Crippen molar-refractivity contribution in [1.82, 2.24) is 14.9 Å². The molecule has 7 nitrogen and oxygen atoms in total. The summed E-state index contributed by atoms with van der Waals surface area (Å²) in [6, 6.07) is 5.19. The van der Waals surface area contributed by atoms with Gasteiger partial charge >= 0.3 is 6.18 Å². The van der Waals surface area contributed by atoms with Crippen molar-refractivity contribution in [3.63, 3.8) is 0 Å². The van der Waals surface area contributed by atoms with E-state index in [0.29, 0.717) is 41.9 Å². The van der Waals surface area contributed by atoms with Crippen molar-refractivity contribution >= 4 is 16.7 Å². The van der Waals surface area contributed by atoms with Crippen LogP contribution >= 0.6 is 0 Å². The Labute approximate surface area is 159 Å². The Morgan fingerprint density at radius 2 is 1.86 bits per heavy atom. The van der Waals surface area contributed by atoms with E-state index in [1.807, 2.05) is 11.0 Å². The lowest BCUT2D eigenvalue weighted by atomic mass is 10.1. The van der Waals surface area contributed by atoms with Crippen LogP contribution in [-0.4, -0.2) is 77.2 Å². The van der Waals surface area contributed by atoms with E-state index in [1.165, 1.54) is 12.4 Å². The van der Waals surface area contributed by atoms with Crippen LogP contribution in [0.25, 0.3) is 11.0 Å². The van der Waals surface area contributed by atoms with E-state index in [1.54, 1.807) is 17.0 Å². The van der Waals surface area contributed by atoms with Crippen LogP contribution in [0.3, 0.4) is 0 Å². The molecule has 10 heteroatoms. The van der Waals surface area contributed by atoms with Crippen molar-refractivity contribution in [3.05, 3.63) is 30.1 Å². The summed E-state index contributed by atoms with van der Waals surface area (Å²) in [5.41, 5.74) is 1.56. The fraction of sp³-hybridized carbons (Fsp3) is 0.500. The number of hydrogen-bond acceptors (Lipinski definition) is 7. The number of nitriles is 1. The number of benzene rings is 1. The maximum Gasteiger partial charge on any atom is 0.416 e. The Bertz CT molecular complexity index is 910. The Hall–Kier alpha value is -2.48. The van der Waals surface area contributed by atoms with Crippen LogP contribution in [0, 0.1) is 11.3 Å². The van der Waals surface area contributed by atoms with Gasteiger partial charge in [-0.25, -0.2) is 0 Å². The summed E-state index contributed by atoms with van der Waals surface area (Å²) in [6.07, 6.45) is -4.64. The van der Waals surface area contributed by atoms with Crippen LogP contribution in [0.15, 0.2) is 24.5 Å². The summed E-state index contributed by atoms with van der Waals surface area (Å²) in [4.78, 5) is 11.9. The molecule has 0 spiro atoms. The number of fused-ring (bicyclic) bond motifs is 1. The van der Waals surface area contributed by atoms with Gasteiger partial charge in [0.25, 0.3) is 0 Å². The number of aliphatic hydroxyl groups excluding tert-OH is 1. The van der Waals surface area contributed by atoms with Gasteiger partial charge in [-0.05, 0) is 12.1 Å². The van der Waals surface area contributed by atoms with Crippen LogP contribution in [-0.2, 0) is 4.74 Å². The number of β-amino-alcohol motifs (C(OH)–C–C–N with tert-alkyl or cyclic N) is 1. The Morgan fingerprint density at radius 3 is 2.50 bits per heavy atom. The number of hydrogen-bond donors (Lipinski definition) is 1. The monoisotopic (exact) mass is 393 g/mol. The van der Waals surface area contributed by atoms with Crippen LogP contribution in [0.1, 0.15) is 5.56 Å². The first-order chi connectivity index (χ1) is 13.3. The molecule has 2 saturated heterocycles. The zero-order valence-corrected chi connectivity index (χ0v) is 14.8. The number of nitrogens with zero attached hydrogens (tertiary/aromatic N) is 5. The number of anilines is 1. The average Bonchev–Trinajstić information content (AvgIpc) is 2.65. The van der Waals surface area contributed by atoms with Crippen molar-refractivity contribution in [3.8, 4) is 6.07 Å². The highest BCUT2D eigenvalue weighted by atomic mass is 19.4. The van der Waals surface area contributed by atoms with Gasteiger partial charge < -0.3 is 14.7 Å². The van der Waals surface area contributed by atoms with Crippen molar-refractivity contribution in [2.45, 2.75) is 24.5 Å². The minimum absolute atomic E-state index is 0.247. The molecule has 0 unspecified atom stereocenters. The highest BCUT2D eigenvalue weighted by Gasteiger charge is 2.46. The number of aromatic nitrogens is 2. The number of rotatable bonds is 3. The van der Waals surface area contributed by atoms with E-state index in [4.69, 9.17) is 4.74 Å². The predicted octanol–water partition coefficient (Wildman–Crippen LogP) is 1.31. The molecule has 1 N–H and O–H groups in total. The predicted molar refractivity (Wildman–Crippen MR) is 93.6 cm³/mol. The molecule has 0 saturated carbocycles. The second-order valence-electron chi connectivity index (χ2n) is 7.06. The number of morpholine rings is 1. The van der Waals surface area contributed by atoms with Crippen molar-refractivity contribution in [2.24, 2.45) is 0 Å². The van der Waals surface area contributed by atoms with Gasteiger partial charge in [-0.2, -0.15) is 18.4 Å². The lowest BCUT2D eigenvalue weighted by Crippen LogP contribution is -2.59. The van der Waals surface area contributed by atoms with Gasteiger partial charge in [0.15, 0.2) is 6.10 Å². The third kappa shape index (κ3) is 3.61. The van der Waals surface area contributed by atoms with Crippen LogP contribution in [0.2, 0.25) is 0 Å². The first kappa shape index (κ1) is 18.9. The van der Waals surface area contributed by atoms with Gasteiger partial charge in [0, 0.05) is 38.6 Å². The van der Waals surface area contributed by atoms with E-state index in [0.717, 1.165) is 0 Å². The quantitative estimate of drug-likeness (QED) is 0.842. The lowest BCUT2D eigenvalue weighted by Gasteiger charge is -2.44. The molecule has 1 aromatic carbocycles. The van der Waals surface area contributed by atoms with E-state index >= 15 is 0 Å². The molecule has 0 radical (unpaired) electrons. The molecule has 2 aliphatic heterocycles. The first-order valence-corrected chi connectivity index (χ1v) is 8.86. The van der Waals surface area contributed by atoms with Gasteiger partial charge in [0.2, 0.25) is 0 Å². The maximum atomic E-state index is 13.5. The molecule has 28 heavy (non-hydrogen) atoms. The van der Waals surface area contributed by atoms with Crippen molar-refractivity contribution < 1.29 is 23.0 Å². The lowest BCUT2D eigenvalue weighted by molar-refractivity contribution is -0.238. The SMILES string of the molecule is N#Cc1ccc(N2C[C@@H](CN3CC(O)C3)O[C@@H](C(F)(F)F)C2)c2nccnc12. The second kappa shape index (κ2) is 7.16. The third-order valence-electron chi connectivity index (χ3n) is 5.00. The molecule has 148 valence electrons. The fourth-order valence-electron chi connectivity index (χ4n) is 3.68. The summed E-state index contributed by atoms with van der Waals surface area (Å²) >= 11 is 0. The van der Waals surface area contributed by atoms with Crippen molar-refractivity contribution in [1.29, 1.82) is 5.26 Å². The highest BCUT2D eigenvalue weighted by Crippen LogP contribution is 2.33. The number of aliphatic hydroxyl groups is 1. The van der Waals surface area contributed by atoms with E-state index in [9.17, 15) is 23.5 Å². The third-order valence-corrected chi connectivity index (χ3v) is 5.00. The smallest absolute Gasteiger partial charge is 0.390 e. The molecule has 2 atom stereocenters. The van der Waals surface area contributed by atoms with Gasteiger partial charge in [0.05, 0.1) is 30.0 Å². The van der Waals surface area contributed by atoms with Crippen LogP contribution in [0.5, 0.6) is 0 Å². The second-order valence-corrected chi connectivity index (χ2v) is 7.06. The molecule has 2 aromatic rings. The summed E-state index contributed by atoms with van der Waals surface area (Å²) in [5.74, 6) is 0. The molecular formula is C18H18F3N5O2. The standard InChI is InChI=1S/C18H18F3N5O2/c19-18(20,21)15-10-26(9-13(28-15)8-25-6-12(27)7-25)14-2-1-11(5-22)16-17(14)24-4-3-23-16/h1-4,12-13,15,27H,6-10H2/t13-,15-/m1/s1. The maximum absolute atomic E-state index is 13.5. The zero-order valence-electron chi connectivity index (χ0n) is 14.8. The summed E-state index contributed by atoms with van der Waals surface area (Å²) in [6.45, 7) is 1.06. The van der Waals surface area contributed by atoms with Crippen molar-refractivity contribution in [2.75, 3.05) is 37.6 Å². The van der Waals surface area contributed by atoms with Gasteiger partial charge in [0.1, 0.15) is 17.1 Å². The Balaban J connectivity index is 1.65. The highest BCUT2D eigenvalue weighted by molar-refractivity contribution is 5.92. The number of alkyl halides is 3. The molecule has 0 bridgehead atoms. The number of likely N-dealkylation sites (tertiary alicyclic amines) is 1. The molecule has 1 aromatic heterocycles. The summed E-state index contributed by atoms with van der Waals surface area (Å²) in [5, 5.41) is 18.7.